The predicted octanol–water partition coefficient (Wildman–Crippen LogP) is 3.84. The second-order valence-corrected chi connectivity index (χ2v) is 17.5. The van der Waals surface area contributed by atoms with Crippen LogP contribution in [0, 0.1) is 5.41 Å². The number of ether oxygens (including phenoxy) is 2. The van der Waals surface area contributed by atoms with Gasteiger partial charge in [0.05, 0.1) is 0 Å². The Morgan fingerprint density at radius 1 is 0.857 bits per heavy atom. The summed E-state index contributed by atoms with van der Waals surface area (Å²) in [5.41, 5.74) is -1.60. The minimum absolute atomic E-state index is 0.487. The fraction of sp³-hybridized carbons (Fsp3) is 0.667. The van der Waals surface area contributed by atoms with Gasteiger partial charge in [-0.15, -0.1) is 0 Å². The zero-order chi connectivity index (χ0) is 17.1. The first-order valence-electron chi connectivity index (χ1n) is 4.91. The van der Waals surface area contributed by atoms with Crippen LogP contribution in [0.25, 0.3) is 0 Å². The van der Waals surface area contributed by atoms with E-state index in [4.69, 9.17) is 9.47 Å². The summed E-state index contributed by atoms with van der Waals surface area (Å²) in [6.45, 7) is 0.310. The minimum atomic E-state index is -1.60. The van der Waals surface area contributed by atoms with Crippen LogP contribution in [0.2, 0.25) is 0 Å². The van der Waals surface area contributed by atoms with Crippen LogP contribution in [0.3, 0.4) is 0 Å². The third-order valence-electron chi connectivity index (χ3n) is 2.02. The van der Waals surface area contributed by atoms with Gasteiger partial charge >= 0.3 is 17.9 Å². The van der Waals surface area contributed by atoms with Crippen molar-refractivity contribution < 1.29 is 29.0 Å². The molecule has 0 radical (unpaired) electrons. The third-order valence-corrected chi connectivity index (χ3v) is 3.97. The molecule has 0 aromatic heterocycles. The van der Waals surface area contributed by atoms with Crippen LogP contribution in [0.4, 0.5) is 0 Å². The number of carboxylic acid groups (broad SMARTS) is 1. The van der Waals surface area contributed by atoms with Gasteiger partial charge in [0, 0.05) is 0 Å². The van der Waals surface area contributed by atoms with Crippen LogP contribution in [0.1, 0.15) is 6.92 Å². The first-order valence-corrected chi connectivity index (χ1v) is 9.67. The standard InChI is InChI=1S/C9H8Br6O6/c1-7(4(16)17,2-20-5(18)8(10,11)12)3-21-6(19)9(13,14)15/h2-3H2,1H3,(H,16,17). The van der Waals surface area contributed by atoms with E-state index in [9.17, 15) is 19.5 Å². The molecule has 0 amide bonds. The maximum Gasteiger partial charge on any atom is 0.344 e. The van der Waals surface area contributed by atoms with E-state index in [1.54, 1.807) is 0 Å². The van der Waals surface area contributed by atoms with Gasteiger partial charge in [-0.2, -0.15) is 0 Å². The summed E-state index contributed by atoms with van der Waals surface area (Å²) in [7, 11) is 0. The molecular formula is C9H8Br6O6. The molecule has 0 aliphatic heterocycles. The van der Waals surface area contributed by atoms with Gasteiger partial charge in [0.2, 0.25) is 4.29 Å². The lowest BCUT2D eigenvalue weighted by atomic mass is 9.93. The van der Waals surface area contributed by atoms with Gasteiger partial charge in [-0.25, -0.2) is 9.59 Å². The lowest BCUT2D eigenvalue weighted by Crippen LogP contribution is -2.41. The van der Waals surface area contributed by atoms with Gasteiger partial charge in [-0.3, -0.25) is 4.79 Å². The third kappa shape index (κ3) is 8.09. The van der Waals surface area contributed by atoms with E-state index in [1.807, 2.05) is 0 Å². The van der Waals surface area contributed by atoms with Crippen molar-refractivity contribution >= 4 is 113 Å². The molecule has 0 bridgehead atoms. The van der Waals surface area contributed by atoms with Crippen LogP contribution >= 0.6 is 95.6 Å². The fourth-order valence-corrected chi connectivity index (χ4v) is 1.47. The molecule has 0 aromatic rings. The van der Waals surface area contributed by atoms with Gasteiger partial charge in [0.25, 0.3) is 0 Å². The number of rotatable bonds is 5. The summed E-state index contributed by atoms with van der Waals surface area (Å²) < 4.78 is 7.12. The van der Waals surface area contributed by atoms with E-state index < -0.39 is 40.8 Å². The Labute approximate surface area is 170 Å². The van der Waals surface area contributed by atoms with E-state index in [2.05, 4.69) is 95.6 Å². The molecule has 122 valence electrons. The molecule has 0 fully saturated rings. The summed E-state index contributed by atoms with van der Waals surface area (Å²) >= 11 is 17.7. The second kappa shape index (κ2) is 8.41. The highest BCUT2D eigenvalue weighted by molar-refractivity contribution is 9.40. The summed E-state index contributed by atoms with van der Waals surface area (Å²) in [6, 6.07) is 0. The first kappa shape index (κ1) is 22.3. The SMILES string of the molecule is CC(COC(=O)C(Br)(Br)Br)(COC(=O)C(Br)(Br)Br)C(=O)O. The van der Waals surface area contributed by atoms with E-state index in [1.165, 1.54) is 6.92 Å². The van der Waals surface area contributed by atoms with Gasteiger partial charge in [-0.1, -0.05) is 0 Å². The number of aliphatic carboxylic acids is 1. The Hall–Kier alpha value is 1.29. The van der Waals surface area contributed by atoms with Gasteiger partial charge in [0.1, 0.15) is 18.6 Å². The molecule has 0 atom stereocenters. The van der Waals surface area contributed by atoms with Gasteiger partial charge in [0.15, 0.2) is 0 Å². The molecule has 1 N–H and O–H groups in total. The molecule has 0 saturated carbocycles. The molecule has 0 saturated heterocycles. The highest BCUT2D eigenvalue weighted by Gasteiger charge is 2.41. The molecule has 0 aromatic carbocycles. The van der Waals surface area contributed by atoms with E-state index in [0.717, 1.165) is 0 Å². The number of hydrogen-bond donors (Lipinski definition) is 1. The molecule has 0 spiro atoms. The number of carbonyl (C=O) groups excluding carboxylic acids is 2. The maximum atomic E-state index is 11.5. The number of halogens is 6. The normalized spacial score (nSPS) is 12.7. The van der Waals surface area contributed by atoms with Crippen LogP contribution < -0.4 is 0 Å². The van der Waals surface area contributed by atoms with Crippen molar-refractivity contribution in [2.24, 2.45) is 5.41 Å². The summed E-state index contributed by atoms with van der Waals surface area (Å²) in [5.74, 6) is -2.84. The van der Waals surface area contributed by atoms with Crippen molar-refractivity contribution in [3.63, 3.8) is 0 Å². The highest BCUT2D eigenvalue weighted by Crippen LogP contribution is 2.36. The largest absolute Gasteiger partial charge is 0.481 e. The van der Waals surface area contributed by atoms with Gasteiger partial charge < -0.3 is 14.6 Å². The van der Waals surface area contributed by atoms with Crippen LogP contribution in [-0.2, 0) is 23.9 Å². The van der Waals surface area contributed by atoms with Crippen molar-refractivity contribution in [3.05, 3.63) is 0 Å². The van der Waals surface area contributed by atoms with Crippen molar-refractivity contribution in [1.82, 2.24) is 0 Å². The molecular weight excluding hydrogens is 684 g/mol. The molecule has 6 nitrogen and oxygen atoms in total. The number of esters is 2. The zero-order valence-corrected chi connectivity index (χ0v) is 19.7. The number of alkyl halides is 6. The number of hydrogen-bond acceptors (Lipinski definition) is 5. The smallest absolute Gasteiger partial charge is 0.344 e. The summed E-state index contributed by atoms with van der Waals surface area (Å²) in [6.07, 6.45) is 0. The average Bonchev–Trinajstić information content (AvgIpc) is 2.30. The zero-order valence-electron chi connectivity index (χ0n) is 10.2. The topological polar surface area (TPSA) is 89.9 Å². The van der Waals surface area contributed by atoms with E-state index in [-0.39, 0.29) is 0 Å². The summed E-state index contributed by atoms with van der Waals surface area (Å²) in [4.78, 5) is 34.4. The Kier molecular flexibility index (Phi) is 8.92. The minimum Gasteiger partial charge on any atom is -0.481 e. The van der Waals surface area contributed by atoms with Crippen LogP contribution in [-0.4, -0.2) is 40.5 Å². The van der Waals surface area contributed by atoms with Crippen molar-refractivity contribution in [3.8, 4) is 0 Å². The molecule has 0 unspecified atom stereocenters. The lowest BCUT2D eigenvalue weighted by Gasteiger charge is -2.25. The molecule has 0 rings (SSSR count). The van der Waals surface area contributed by atoms with Crippen molar-refractivity contribution in [2.75, 3.05) is 13.2 Å². The molecule has 12 heteroatoms. The average molecular weight is 692 g/mol. The molecule has 0 aliphatic rings. The molecule has 21 heavy (non-hydrogen) atoms. The Bertz CT molecular complexity index is 395. The highest BCUT2D eigenvalue weighted by atomic mass is 80.0. The van der Waals surface area contributed by atoms with Crippen LogP contribution in [0.15, 0.2) is 0 Å². The Balaban J connectivity index is 4.77. The quantitative estimate of drug-likeness (QED) is 0.349. The lowest BCUT2D eigenvalue weighted by molar-refractivity contribution is -0.164. The van der Waals surface area contributed by atoms with Crippen molar-refractivity contribution in [2.45, 2.75) is 11.2 Å². The van der Waals surface area contributed by atoms with E-state index >= 15 is 0 Å². The maximum absolute atomic E-state index is 11.5. The second-order valence-electron chi connectivity index (χ2n) is 4.01. The predicted molar refractivity (Wildman–Crippen MR) is 96.7 cm³/mol. The summed E-state index contributed by atoms with van der Waals surface area (Å²) in [5, 5.41) is 9.21. The van der Waals surface area contributed by atoms with Gasteiger partial charge in [-0.05, 0) is 103 Å². The fourth-order valence-electron chi connectivity index (χ4n) is 0.778. The number of carboxylic acids is 1. The number of carbonyl (C=O) groups is 3. The Morgan fingerprint density at radius 2 is 1.14 bits per heavy atom. The van der Waals surface area contributed by atoms with Crippen LogP contribution in [0.5, 0.6) is 0 Å². The Morgan fingerprint density at radius 3 is 1.33 bits per heavy atom. The van der Waals surface area contributed by atoms with Crippen molar-refractivity contribution in [1.29, 1.82) is 0 Å². The molecule has 0 heterocycles. The first-order chi connectivity index (χ1) is 9.20. The monoisotopic (exact) mass is 686 g/mol. The van der Waals surface area contributed by atoms with E-state index in [0.29, 0.717) is 0 Å². The molecule has 0 aliphatic carbocycles.